The van der Waals surface area contributed by atoms with Crippen LogP contribution in [0.3, 0.4) is 0 Å². The summed E-state index contributed by atoms with van der Waals surface area (Å²) in [6.07, 6.45) is 0. The highest BCUT2D eigenvalue weighted by atomic mass is 35.5. The lowest BCUT2D eigenvalue weighted by Gasteiger charge is -2.02. The largest absolute Gasteiger partial charge is 0.276 e. The zero-order valence-corrected chi connectivity index (χ0v) is 8.45. The third-order valence-electron chi connectivity index (χ3n) is 2.25. The van der Waals surface area contributed by atoms with Gasteiger partial charge in [-0.1, -0.05) is 24.3 Å². The Balaban J connectivity index is 2.90. The molecular weight excluding hydrogens is 210 g/mol. The first kappa shape index (κ1) is 9.70. The smallest absolute Gasteiger partial charge is 0.253 e. The van der Waals surface area contributed by atoms with E-state index < -0.39 is 5.24 Å². The Hall–Kier alpha value is -1.85. The summed E-state index contributed by atoms with van der Waals surface area (Å²) in [5.74, 6) is 0. The normalized spacial score (nSPS) is 9.87. The molecule has 0 saturated heterocycles. The van der Waals surface area contributed by atoms with Crippen LogP contribution in [0.5, 0.6) is 0 Å². The SMILES string of the molecule is N#Cc1cccc2c(C(=O)Cl)cccc12. The monoisotopic (exact) mass is 215 g/mol. The van der Waals surface area contributed by atoms with Crippen LogP contribution in [0.15, 0.2) is 36.4 Å². The third-order valence-corrected chi connectivity index (χ3v) is 2.46. The first-order valence-electron chi connectivity index (χ1n) is 4.35. The van der Waals surface area contributed by atoms with Gasteiger partial charge in [0.2, 0.25) is 0 Å². The Morgan fingerprint density at radius 3 is 2.47 bits per heavy atom. The third kappa shape index (κ3) is 1.58. The van der Waals surface area contributed by atoms with Gasteiger partial charge in [0.15, 0.2) is 0 Å². The molecule has 0 radical (unpaired) electrons. The summed E-state index contributed by atoms with van der Waals surface area (Å²) < 4.78 is 0. The van der Waals surface area contributed by atoms with Gasteiger partial charge in [-0.25, -0.2) is 0 Å². The predicted octanol–water partition coefficient (Wildman–Crippen LogP) is 3.09. The molecule has 0 aromatic heterocycles. The highest BCUT2D eigenvalue weighted by Gasteiger charge is 2.08. The zero-order chi connectivity index (χ0) is 10.8. The van der Waals surface area contributed by atoms with Crippen LogP contribution in [0.4, 0.5) is 0 Å². The molecule has 72 valence electrons. The molecule has 15 heavy (non-hydrogen) atoms. The van der Waals surface area contributed by atoms with Gasteiger partial charge in [0.1, 0.15) is 0 Å². The lowest BCUT2D eigenvalue weighted by molar-refractivity contribution is 0.108. The van der Waals surface area contributed by atoms with E-state index in [1.165, 1.54) is 0 Å². The van der Waals surface area contributed by atoms with Crippen molar-refractivity contribution in [3.8, 4) is 6.07 Å². The number of carbonyl (C=O) groups is 1. The van der Waals surface area contributed by atoms with Crippen molar-refractivity contribution in [2.45, 2.75) is 0 Å². The van der Waals surface area contributed by atoms with Crippen molar-refractivity contribution in [1.29, 1.82) is 5.26 Å². The maximum absolute atomic E-state index is 11.1. The van der Waals surface area contributed by atoms with E-state index in [1.54, 1.807) is 36.4 Å². The fourth-order valence-electron chi connectivity index (χ4n) is 1.58. The summed E-state index contributed by atoms with van der Waals surface area (Å²) in [6.45, 7) is 0. The molecule has 0 spiro atoms. The fourth-order valence-corrected chi connectivity index (χ4v) is 1.74. The summed E-state index contributed by atoms with van der Waals surface area (Å²) in [5.41, 5.74) is 0.985. The van der Waals surface area contributed by atoms with E-state index in [4.69, 9.17) is 16.9 Å². The van der Waals surface area contributed by atoms with Crippen LogP contribution in [0, 0.1) is 11.3 Å². The minimum Gasteiger partial charge on any atom is -0.276 e. The molecule has 0 unspecified atom stereocenters. The zero-order valence-electron chi connectivity index (χ0n) is 7.70. The van der Waals surface area contributed by atoms with Gasteiger partial charge in [0.25, 0.3) is 5.24 Å². The molecule has 2 nitrogen and oxygen atoms in total. The molecule has 0 fully saturated rings. The van der Waals surface area contributed by atoms with Gasteiger partial charge in [-0.3, -0.25) is 4.79 Å². The van der Waals surface area contributed by atoms with Crippen LogP contribution in [0.25, 0.3) is 10.8 Å². The summed E-state index contributed by atoms with van der Waals surface area (Å²) in [7, 11) is 0. The number of hydrogen-bond acceptors (Lipinski definition) is 2. The second-order valence-corrected chi connectivity index (χ2v) is 3.44. The molecule has 0 aliphatic carbocycles. The Morgan fingerprint density at radius 1 is 1.13 bits per heavy atom. The first-order chi connectivity index (χ1) is 7.24. The maximum atomic E-state index is 11.1. The Morgan fingerprint density at radius 2 is 1.80 bits per heavy atom. The van der Waals surface area contributed by atoms with Crippen LogP contribution in [0.2, 0.25) is 0 Å². The summed E-state index contributed by atoms with van der Waals surface area (Å²) in [4.78, 5) is 11.1. The van der Waals surface area contributed by atoms with Crippen molar-refractivity contribution < 1.29 is 4.79 Å². The number of nitrogens with zero attached hydrogens (tertiary/aromatic N) is 1. The molecular formula is C12H6ClNO. The highest BCUT2D eigenvalue weighted by Crippen LogP contribution is 2.23. The lowest BCUT2D eigenvalue weighted by atomic mass is 10.0. The second kappa shape index (κ2) is 3.72. The first-order valence-corrected chi connectivity index (χ1v) is 4.73. The Bertz CT molecular complexity index is 584. The van der Waals surface area contributed by atoms with Gasteiger partial charge < -0.3 is 0 Å². The van der Waals surface area contributed by atoms with Crippen molar-refractivity contribution in [1.82, 2.24) is 0 Å². The Kier molecular flexibility index (Phi) is 2.40. The predicted molar refractivity (Wildman–Crippen MR) is 58.8 cm³/mol. The van der Waals surface area contributed by atoms with E-state index in [1.807, 2.05) is 0 Å². The fraction of sp³-hybridized carbons (Fsp3) is 0. The number of hydrogen-bond donors (Lipinski definition) is 0. The van der Waals surface area contributed by atoms with Crippen LogP contribution in [-0.2, 0) is 0 Å². The van der Waals surface area contributed by atoms with Crippen LogP contribution >= 0.6 is 11.6 Å². The molecule has 2 rings (SSSR count). The van der Waals surface area contributed by atoms with Crippen molar-refractivity contribution in [2.24, 2.45) is 0 Å². The van der Waals surface area contributed by atoms with E-state index in [0.717, 1.165) is 10.8 Å². The van der Waals surface area contributed by atoms with Crippen molar-refractivity contribution in [3.05, 3.63) is 47.5 Å². The van der Waals surface area contributed by atoms with Gasteiger partial charge in [-0.05, 0) is 29.1 Å². The van der Waals surface area contributed by atoms with Gasteiger partial charge >= 0.3 is 0 Å². The van der Waals surface area contributed by atoms with E-state index in [2.05, 4.69) is 6.07 Å². The average Bonchev–Trinajstić information content (AvgIpc) is 2.27. The average molecular weight is 216 g/mol. The molecule has 0 heterocycles. The standard InChI is InChI=1S/C12H6ClNO/c13-12(15)11-6-2-4-9-8(7-14)3-1-5-10(9)11/h1-6H. The topological polar surface area (TPSA) is 40.9 Å². The van der Waals surface area contributed by atoms with E-state index in [-0.39, 0.29) is 0 Å². The van der Waals surface area contributed by atoms with Crippen molar-refractivity contribution in [2.75, 3.05) is 0 Å². The number of benzene rings is 2. The van der Waals surface area contributed by atoms with Gasteiger partial charge in [0, 0.05) is 10.9 Å². The van der Waals surface area contributed by atoms with Gasteiger partial charge in [-0.15, -0.1) is 0 Å². The molecule has 0 aliphatic heterocycles. The van der Waals surface area contributed by atoms with E-state index in [9.17, 15) is 4.79 Å². The van der Waals surface area contributed by atoms with Gasteiger partial charge in [0.05, 0.1) is 11.6 Å². The minimum absolute atomic E-state index is 0.436. The summed E-state index contributed by atoms with van der Waals surface area (Å²) in [5, 5.41) is 9.87. The summed E-state index contributed by atoms with van der Waals surface area (Å²) in [6, 6.07) is 12.5. The quantitative estimate of drug-likeness (QED) is 0.686. The molecule has 0 aliphatic rings. The number of rotatable bonds is 1. The van der Waals surface area contributed by atoms with E-state index in [0.29, 0.717) is 11.1 Å². The van der Waals surface area contributed by atoms with Gasteiger partial charge in [-0.2, -0.15) is 5.26 Å². The molecule has 2 aromatic carbocycles. The van der Waals surface area contributed by atoms with Crippen molar-refractivity contribution >= 4 is 27.6 Å². The number of halogens is 1. The van der Waals surface area contributed by atoms with Crippen molar-refractivity contribution in [3.63, 3.8) is 0 Å². The molecule has 0 atom stereocenters. The van der Waals surface area contributed by atoms with Crippen LogP contribution in [0.1, 0.15) is 15.9 Å². The molecule has 2 aromatic rings. The lowest BCUT2D eigenvalue weighted by Crippen LogP contribution is -1.91. The van der Waals surface area contributed by atoms with Crippen LogP contribution < -0.4 is 0 Å². The molecule has 0 bridgehead atoms. The molecule has 3 heteroatoms. The molecule has 0 amide bonds. The minimum atomic E-state index is -0.504. The number of fused-ring (bicyclic) bond motifs is 1. The number of carbonyl (C=O) groups excluding carboxylic acids is 1. The van der Waals surface area contributed by atoms with E-state index >= 15 is 0 Å². The number of nitriles is 1. The Labute approximate surface area is 91.7 Å². The highest BCUT2D eigenvalue weighted by molar-refractivity contribution is 6.68. The molecule has 0 saturated carbocycles. The summed E-state index contributed by atoms with van der Waals surface area (Å²) >= 11 is 5.46. The molecule has 0 N–H and O–H groups in total. The second-order valence-electron chi connectivity index (χ2n) is 3.09. The maximum Gasteiger partial charge on any atom is 0.253 e. The van der Waals surface area contributed by atoms with Crippen LogP contribution in [-0.4, -0.2) is 5.24 Å².